The SMILES string of the molecule is CC(C)OC(=O)c1cccc(N2CCCS2(=O)=O)c1. The van der Waals surface area contributed by atoms with E-state index in [0.717, 1.165) is 0 Å². The van der Waals surface area contributed by atoms with E-state index in [2.05, 4.69) is 0 Å². The second kappa shape index (κ2) is 5.21. The van der Waals surface area contributed by atoms with Gasteiger partial charge in [0.1, 0.15) is 0 Å². The normalized spacial score (nSPS) is 17.7. The number of sulfonamides is 1. The molecule has 1 aliphatic rings. The minimum Gasteiger partial charge on any atom is -0.459 e. The summed E-state index contributed by atoms with van der Waals surface area (Å²) in [4.78, 5) is 11.8. The third-order valence-corrected chi connectivity index (χ3v) is 4.68. The number of esters is 1. The summed E-state index contributed by atoms with van der Waals surface area (Å²) in [6, 6.07) is 6.54. The zero-order chi connectivity index (χ0) is 14.0. The van der Waals surface area contributed by atoms with E-state index in [0.29, 0.717) is 24.2 Å². The van der Waals surface area contributed by atoms with E-state index in [9.17, 15) is 13.2 Å². The zero-order valence-electron chi connectivity index (χ0n) is 11.0. The Bertz CT molecular complexity index is 580. The Morgan fingerprint density at radius 1 is 1.37 bits per heavy atom. The van der Waals surface area contributed by atoms with Gasteiger partial charge in [0.05, 0.1) is 23.1 Å². The van der Waals surface area contributed by atoms with Crippen molar-refractivity contribution in [1.82, 2.24) is 0 Å². The molecule has 6 heteroatoms. The van der Waals surface area contributed by atoms with Crippen molar-refractivity contribution in [1.29, 1.82) is 0 Å². The number of carbonyl (C=O) groups is 1. The molecule has 0 N–H and O–H groups in total. The van der Waals surface area contributed by atoms with Crippen molar-refractivity contribution in [3.05, 3.63) is 29.8 Å². The predicted molar refractivity (Wildman–Crippen MR) is 72.7 cm³/mol. The largest absolute Gasteiger partial charge is 0.459 e. The van der Waals surface area contributed by atoms with Crippen molar-refractivity contribution >= 4 is 21.7 Å². The van der Waals surface area contributed by atoms with Gasteiger partial charge in [-0.2, -0.15) is 0 Å². The van der Waals surface area contributed by atoms with Gasteiger partial charge in [-0.05, 0) is 38.5 Å². The van der Waals surface area contributed by atoms with Crippen molar-refractivity contribution in [3.8, 4) is 0 Å². The number of nitrogens with zero attached hydrogens (tertiary/aromatic N) is 1. The van der Waals surface area contributed by atoms with Gasteiger partial charge in [-0.3, -0.25) is 4.31 Å². The van der Waals surface area contributed by atoms with Crippen LogP contribution >= 0.6 is 0 Å². The topological polar surface area (TPSA) is 63.7 Å². The molecule has 0 aliphatic carbocycles. The van der Waals surface area contributed by atoms with Crippen LogP contribution in [0.25, 0.3) is 0 Å². The smallest absolute Gasteiger partial charge is 0.338 e. The van der Waals surface area contributed by atoms with Crippen LogP contribution < -0.4 is 4.31 Å². The quantitative estimate of drug-likeness (QED) is 0.793. The van der Waals surface area contributed by atoms with E-state index in [1.54, 1.807) is 38.1 Å². The number of hydrogen-bond donors (Lipinski definition) is 0. The molecule has 0 bridgehead atoms. The molecule has 0 saturated carbocycles. The van der Waals surface area contributed by atoms with Crippen LogP contribution in [-0.4, -0.2) is 32.8 Å². The summed E-state index contributed by atoms with van der Waals surface area (Å²) in [6.07, 6.45) is 0.412. The minimum absolute atomic E-state index is 0.160. The second-order valence-corrected chi connectivity index (χ2v) is 6.76. The van der Waals surface area contributed by atoms with Crippen molar-refractivity contribution in [3.63, 3.8) is 0 Å². The summed E-state index contributed by atoms with van der Waals surface area (Å²) in [6.45, 7) is 4.00. The molecule has 1 heterocycles. The molecular formula is C13H17NO4S. The first-order chi connectivity index (χ1) is 8.90. The van der Waals surface area contributed by atoms with Crippen LogP contribution in [0.4, 0.5) is 5.69 Å². The highest BCUT2D eigenvalue weighted by Crippen LogP contribution is 2.25. The lowest BCUT2D eigenvalue weighted by Crippen LogP contribution is -2.25. The highest BCUT2D eigenvalue weighted by atomic mass is 32.2. The number of hydrogen-bond acceptors (Lipinski definition) is 4. The highest BCUT2D eigenvalue weighted by Gasteiger charge is 2.28. The summed E-state index contributed by atoms with van der Waals surface area (Å²) in [5.74, 6) is -0.276. The van der Waals surface area contributed by atoms with Gasteiger partial charge in [-0.1, -0.05) is 6.07 Å². The molecule has 0 atom stereocenters. The number of benzene rings is 1. The van der Waals surface area contributed by atoms with Gasteiger partial charge in [0, 0.05) is 6.54 Å². The van der Waals surface area contributed by atoms with Crippen LogP contribution in [0, 0.1) is 0 Å². The molecule has 0 radical (unpaired) electrons. The molecule has 5 nitrogen and oxygen atoms in total. The maximum atomic E-state index is 11.8. The molecule has 1 aromatic carbocycles. The Labute approximate surface area is 113 Å². The third kappa shape index (κ3) is 3.07. The van der Waals surface area contributed by atoms with Crippen LogP contribution in [-0.2, 0) is 14.8 Å². The Balaban J connectivity index is 2.27. The molecule has 0 aromatic heterocycles. The maximum Gasteiger partial charge on any atom is 0.338 e. The van der Waals surface area contributed by atoms with Gasteiger partial charge in [0.15, 0.2) is 0 Å². The molecule has 104 valence electrons. The average Bonchev–Trinajstić information content (AvgIpc) is 2.68. The lowest BCUT2D eigenvalue weighted by Gasteiger charge is -2.17. The fourth-order valence-electron chi connectivity index (χ4n) is 2.00. The van der Waals surface area contributed by atoms with E-state index in [1.165, 1.54) is 4.31 Å². The molecule has 1 aromatic rings. The van der Waals surface area contributed by atoms with Crippen molar-refractivity contribution < 1.29 is 17.9 Å². The molecule has 0 unspecified atom stereocenters. The highest BCUT2D eigenvalue weighted by molar-refractivity contribution is 7.93. The van der Waals surface area contributed by atoms with E-state index >= 15 is 0 Å². The third-order valence-electron chi connectivity index (χ3n) is 2.81. The Morgan fingerprint density at radius 3 is 2.68 bits per heavy atom. The Kier molecular flexibility index (Phi) is 3.80. The summed E-state index contributed by atoms with van der Waals surface area (Å²) in [5, 5.41) is 0. The van der Waals surface area contributed by atoms with Crippen molar-refractivity contribution in [2.24, 2.45) is 0 Å². The summed E-state index contributed by atoms with van der Waals surface area (Å²) >= 11 is 0. The Morgan fingerprint density at radius 2 is 2.11 bits per heavy atom. The van der Waals surface area contributed by atoms with Gasteiger partial charge in [0.2, 0.25) is 10.0 Å². The van der Waals surface area contributed by atoms with Gasteiger partial charge in [-0.15, -0.1) is 0 Å². The van der Waals surface area contributed by atoms with E-state index in [-0.39, 0.29) is 11.9 Å². The van der Waals surface area contributed by atoms with E-state index in [4.69, 9.17) is 4.74 Å². The van der Waals surface area contributed by atoms with Crippen LogP contribution in [0.15, 0.2) is 24.3 Å². The van der Waals surface area contributed by atoms with Gasteiger partial charge in [0.25, 0.3) is 0 Å². The number of rotatable bonds is 3. The van der Waals surface area contributed by atoms with Gasteiger partial charge in [-0.25, -0.2) is 13.2 Å². The molecule has 1 saturated heterocycles. The molecular weight excluding hydrogens is 266 g/mol. The molecule has 0 spiro atoms. The average molecular weight is 283 g/mol. The first-order valence-electron chi connectivity index (χ1n) is 6.21. The zero-order valence-corrected chi connectivity index (χ0v) is 11.8. The molecule has 1 aliphatic heterocycles. The number of anilines is 1. The monoisotopic (exact) mass is 283 g/mol. The van der Waals surface area contributed by atoms with Gasteiger partial charge >= 0.3 is 5.97 Å². The molecule has 2 rings (SSSR count). The maximum absolute atomic E-state index is 11.8. The van der Waals surface area contributed by atoms with E-state index in [1.807, 2.05) is 0 Å². The van der Waals surface area contributed by atoms with Crippen molar-refractivity contribution in [2.75, 3.05) is 16.6 Å². The van der Waals surface area contributed by atoms with Crippen LogP contribution in [0.2, 0.25) is 0 Å². The Hall–Kier alpha value is -1.56. The van der Waals surface area contributed by atoms with Gasteiger partial charge < -0.3 is 4.74 Å². The predicted octanol–water partition coefficient (Wildman–Crippen LogP) is 1.79. The van der Waals surface area contributed by atoms with Crippen LogP contribution in [0.1, 0.15) is 30.6 Å². The lowest BCUT2D eigenvalue weighted by molar-refractivity contribution is 0.0378. The standard InChI is InChI=1S/C13H17NO4S/c1-10(2)18-13(15)11-5-3-6-12(9-11)14-7-4-8-19(14,16)17/h3,5-6,9-10H,4,7-8H2,1-2H3. The summed E-state index contributed by atoms with van der Waals surface area (Å²) in [5.41, 5.74) is 0.893. The summed E-state index contributed by atoms with van der Waals surface area (Å²) in [7, 11) is -3.22. The van der Waals surface area contributed by atoms with Crippen LogP contribution in [0.3, 0.4) is 0 Å². The summed E-state index contributed by atoms with van der Waals surface area (Å²) < 4.78 is 30.1. The minimum atomic E-state index is -3.22. The first kappa shape index (κ1) is 13.9. The second-order valence-electron chi connectivity index (χ2n) is 4.75. The first-order valence-corrected chi connectivity index (χ1v) is 7.82. The number of carbonyl (C=O) groups excluding carboxylic acids is 1. The lowest BCUT2D eigenvalue weighted by atomic mass is 10.2. The molecule has 19 heavy (non-hydrogen) atoms. The number of ether oxygens (including phenoxy) is 1. The van der Waals surface area contributed by atoms with Crippen LogP contribution in [0.5, 0.6) is 0 Å². The fraction of sp³-hybridized carbons (Fsp3) is 0.462. The molecule has 1 fully saturated rings. The van der Waals surface area contributed by atoms with E-state index < -0.39 is 16.0 Å². The van der Waals surface area contributed by atoms with Crippen molar-refractivity contribution in [2.45, 2.75) is 26.4 Å². The fourth-order valence-corrected chi connectivity index (χ4v) is 3.56. The molecule has 0 amide bonds.